The van der Waals surface area contributed by atoms with Gasteiger partial charge in [-0.25, -0.2) is 0 Å². The third kappa shape index (κ3) is 1.02. The van der Waals surface area contributed by atoms with E-state index in [4.69, 9.17) is 4.74 Å². The van der Waals surface area contributed by atoms with Gasteiger partial charge in [0.15, 0.2) is 0 Å². The van der Waals surface area contributed by atoms with Gasteiger partial charge in [-0.1, -0.05) is 20.8 Å². The Morgan fingerprint density at radius 1 is 1.70 bits per heavy atom. The zero-order valence-corrected chi connectivity index (χ0v) is 6.81. The van der Waals surface area contributed by atoms with Crippen LogP contribution in [0.1, 0.15) is 27.2 Å². The molecule has 10 heavy (non-hydrogen) atoms. The fourth-order valence-electron chi connectivity index (χ4n) is 1.50. The number of hydrogen-bond acceptors (Lipinski definition) is 2. The number of ether oxygens (including phenoxy) is 1. The molecule has 1 aliphatic rings. The lowest BCUT2D eigenvalue weighted by molar-refractivity contribution is -0.141. The molecule has 1 fully saturated rings. The number of carbonyl (C=O) groups is 1. The minimum Gasteiger partial charge on any atom is -0.465 e. The summed E-state index contributed by atoms with van der Waals surface area (Å²) in [6, 6.07) is 0. The van der Waals surface area contributed by atoms with E-state index < -0.39 is 0 Å². The van der Waals surface area contributed by atoms with Crippen LogP contribution < -0.4 is 0 Å². The predicted octanol–water partition coefficient (Wildman–Crippen LogP) is 1.60. The van der Waals surface area contributed by atoms with Gasteiger partial charge in [0.25, 0.3) is 0 Å². The molecule has 1 rings (SSSR count). The molecule has 2 nitrogen and oxygen atoms in total. The molecule has 0 aromatic heterocycles. The average Bonchev–Trinajstić information content (AvgIpc) is 2.07. The van der Waals surface area contributed by atoms with Gasteiger partial charge in [-0.3, -0.25) is 4.79 Å². The van der Waals surface area contributed by atoms with Crippen molar-refractivity contribution in [3.63, 3.8) is 0 Å². The Kier molecular flexibility index (Phi) is 1.71. The Labute approximate surface area is 61.6 Å². The summed E-state index contributed by atoms with van der Waals surface area (Å²) in [5.74, 6) is 0.0972. The highest BCUT2D eigenvalue weighted by molar-refractivity contribution is 5.75. The SMILES string of the molecule is CCC1C(=O)OCC1(C)C. The topological polar surface area (TPSA) is 26.3 Å². The molecule has 1 unspecified atom stereocenters. The van der Waals surface area contributed by atoms with Gasteiger partial charge in [0, 0.05) is 5.41 Å². The number of cyclic esters (lactones) is 1. The molecule has 0 aliphatic carbocycles. The first-order chi connectivity index (χ1) is 4.58. The average molecular weight is 142 g/mol. The van der Waals surface area contributed by atoms with Crippen molar-refractivity contribution in [2.24, 2.45) is 11.3 Å². The highest BCUT2D eigenvalue weighted by Crippen LogP contribution is 2.36. The minimum absolute atomic E-state index is 0.0208. The van der Waals surface area contributed by atoms with E-state index in [2.05, 4.69) is 13.8 Å². The molecule has 0 aromatic carbocycles. The first-order valence-corrected chi connectivity index (χ1v) is 3.74. The lowest BCUT2D eigenvalue weighted by Gasteiger charge is -2.19. The molecule has 0 bridgehead atoms. The number of hydrogen-bond donors (Lipinski definition) is 0. The van der Waals surface area contributed by atoms with Crippen LogP contribution in [0.3, 0.4) is 0 Å². The van der Waals surface area contributed by atoms with Gasteiger partial charge in [0.1, 0.15) is 0 Å². The van der Waals surface area contributed by atoms with Crippen LogP contribution in [0.5, 0.6) is 0 Å². The lowest BCUT2D eigenvalue weighted by atomic mass is 9.80. The Hall–Kier alpha value is -0.530. The molecule has 0 aromatic rings. The molecule has 0 amide bonds. The molecule has 0 saturated carbocycles. The van der Waals surface area contributed by atoms with Crippen LogP contribution in [0.25, 0.3) is 0 Å². The van der Waals surface area contributed by atoms with Gasteiger partial charge in [0.2, 0.25) is 0 Å². The Morgan fingerprint density at radius 3 is 2.50 bits per heavy atom. The van der Waals surface area contributed by atoms with Crippen molar-refractivity contribution in [3.8, 4) is 0 Å². The van der Waals surface area contributed by atoms with Crippen LogP contribution in [-0.4, -0.2) is 12.6 Å². The summed E-state index contributed by atoms with van der Waals surface area (Å²) in [5.41, 5.74) is 0.0613. The highest BCUT2D eigenvalue weighted by atomic mass is 16.5. The summed E-state index contributed by atoms with van der Waals surface area (Å²) in [6.45, 7) is 6.77. The van der Waals surface area contributed by atoms with E-state index in [0.717, 1.165) is 6.42 Å². The van der Waals surface area contributed by atoms with Crippen LogP contribution in [0.2, 0.25) is 0 Å². The molecule has 1 heterocycles. The first-order valence-electron chi connectivity index (χ1n) is 3.74. The fourth-order valence-corrected chi connectivity index (χ4v) is 1.50. The molecular formula is C8H14O2. The summed E-state index contributed by atoms with van der Waals surface area (Å²) in [7, 11) is 0. The van der Waals surface area contributed by atoms with Gasteiger partial charge in [-0.05, 0) is 6.42 Å². The zero-order valence-electron chi connectivity index (χ0n) is 6.81. The molecule has 1 saturated heterocycles. The quantitative estimate of drug-likeness (QED) is 0.520. The summed E-state index contributed by atoms with van der Waals surface area (Å²) < 4.78 is 4.93. The van der Waals surface area contributed by atoms with Gasteiger partial charge in [-0.2, -0.15) is 0 Å². The van der Waals surface area contributed by atoms with E-state index in [1.165, 1.54) is 0 Å². The smallest absolute Gasteiger partial charge is 0.309 e. The standard InChI is InChI=1S/C8H14O2/c1-4-6-7(9)10-5-8(6,2)3/h6H,4-5H2,1-3H3. The Bertz CT molecular complexity index is 149. The van der Waals surface area contributed by atoms with E-state index in [0.29, 0.717) is 6.61 Å². The summed E-state index contributed by atoms with van der Waals surface area (Å²) in [5, 5.41) is 0. The highest BCUT2D eigenvalue weighted by Gasteiger charge is 2.41. The Morgan fingerprint density at radius 2 is 2.30 bits per heavy atom. The van der Waals surface area contributed by atoms with Crippen LogP contribution in [0.4, 0.5) is 0 Å². The second-order valence-corrected chi connectivity index (χ2v) is 3.56. The summed E-state index contributed by atoms with van der Waals surface area (Å²) in [6.07, 6.45) is 0.895. The maximum atomic E-state index is 11.0. The number of rotatable bonds is 1. The monoisotopic (exact) mass is 142 g/mol. The molecule has 58 valence electrons. The maximum absolute atomic E-state index is 11.0. The predicted molar refractivity (Wildman–Crippen MR) is 38.5 cm³/mol. The van der Waals surface area contributed by atoms with E-state index >= 15 is 0 Å². The van der Waals surface area contributed by atoms with Crippen LogP contribution in [-0.2, 0) is 9.53 Å². The van der Waals surface area contributed by atoms with E-state index in [9.17, 15) is 4.79 Å². The van der Waals surface area contributed by atoms with Gasteiger partial charge < -0.3 is 4.74 Å². The fraction of sp³-hybridized carbons (Fsp3) is 0.875. The molecule has 2 heteroatoms. The number of carbonyl (C=O) groups excluding carboxylic acids is 1. The van der Waals surface area contributed by atoms with Crippen LogP contribution in [0, 0.1) is 11.3 Å². The normalized spacial score (nSPS) is 30.3. The van der Waals surface area contributed by atoms with Crippen molar-refractivity contribution in [2.45, 2.75) is 27.2 Å². The third-order valence-electron chi connectivity index (χ3n) is 2.22. The third-order valence-corrected chi connectivity index (χ3v) is 2.22. The molecule has 0 N–H and O–H groups in total. The minimum atomic E-state index is -0.0208. The largest absolute Gasteiger partial charge is 0.465 e. The molecule has 0 spiro atoms. The van der Waals surface area contributed by atoms with E-state index in [1.54, 1.807) is 0 Å². The van der Waals surface area contributed by atoms with Crippen molar-refractivity contribution in [2.75, 3.05) is 6.61 Å². The molecule has 0 radical (unpaired) electrons. The maximum Gasteiger partial charge on any atom is 0.309 e. The molecule has 1 aliphatic heterocycles. The molecular weight excluding hydrogens is 128 g/mol. The number of esters is 1. The van der Waals surface area contributed by atoms with Crippen molar-refractivity contribution < 1.29 is 9.53 Å². The van der Waals surface area contributed by atoms with Crippen molar-refractivity contribution in [1.82, 2.24) is 0 Å². The summed E-state index contributed by atoms with van der Waals surface area (Å²) in [4.78, 5) is 11.0. The van der Waals surface area contributed by atoms with E-state index in [1.807, 2.05) is 6.92 Å². The molecule has 1 atom stereocenters. The Balaban J connectivity index is 2.73. The second kappa shape index (κ2) is 2.26. The van der Waals surface area contributed by atoms with Gasteiger partial charge >= 0.3 is 5.97 Å². The van der Waals surface area contributed by atoms with Gasteiger partial charge in [0.05, 0.1) is 12.5 Å². The summed E-state index contributed by atoms with van der Waals surface area (Å²) >= 11 is 0. The lowest BCUT2D eigenvalue weighted by Crippen LogP contribution is -2.22. The van der Waals surface area contributed by atoms with Crippen LogP contribution >= 0.6 is 0 Å². The van der Waals surface area contributed by atoms with E-state index in [-0.39, 0.29) is 17.3 Å². The first kappa shape index (κ1) is 7.58. The van der Waals surface area contributed by atoms with Gasteiger partial charge in [-0.15, -0.1) is 0 Å². The van der Waals surface area contributed by atoms with Crippen molar-refractivity contribution in [3.05, 3.63) is 0 Å². The van der Waals surface area contributed by atoms with Crippen molar-refractivity contribution in [1.29, 1.82) is 0 Å². The van der Waals surface area contributed by atoms with Crippen LogP contribution in [0.15, 0.2) is 0 Å². The van der Waals surface area contributed by atoms with Crippen molar-refractivity contribution >= 4 is 5.97 Å². The zero-order chi connectivity index (χ0) is 7.78. The second-order valence-electron chi connectivity index (χ2n) is 3.56.